The van der Waals surface area contributed by atoms with E-state index in [9.17, 15) is 0 Å². The zero-order chi connectivity index (χ0) is 19.8. The van der Waals surface area contributed by atoms with Crippen molar-refractivity contribution in [1.29, 1.82) is 0 Å². The lowest BCUT2D eigenvalue weighted by molar-refractivity contribution is 0.109. The Labute approximate surface area is 174 Å². The Kier molecular flexibility index (Phi) is 5.15. The summed E-state index contributed by atoms with van der Waals surface area (Å²) in [7, 11) is 2.25. The van der Waals surface area contributed by atoms with Gasteiger partial charge in [-0.05, 0) is 69.7 Å². The van der Waals surface area contributed by atoms with E-state index in [1.54, 1.807) is 11.3 Å². The number of piperidine rings is 1. The van der Waals surface area contributed by atoms with E-state index < -0.39 is 0 Å². The molecule has 0 aliphatic carbocycles. The van der Waals surface area contributed by atoms with E-state index in [1.165, 1.54) is 54.6 Å². The van der Waals surface area contributed by atoms with Crippen LogP contribution in [0.25, 0.3) is 10.9 Å². The van der Waals surface area contributed by atoms with Crippen LogP contribution in [0.15, 0.2) is 42.6 Å². The Bertz CT molecular complexity index is 983. The van der Waals surface area contributed by atoms with Crippen molar-refractivity contribution < 1.29 is 0 Å². The molecule has 0 bridgehead atoms. The smallest absolute Gasteiger partial charge is 0.0486 e. The van der Waals surface area contributed by atoms with Crippen LogP contribution in [0, 0.1) is 6.92 Å². The molecule has 5 rings (SSSR count). The monoisotopic (exact) mass is 388 g/mol. The van der Waals surface area contributed by atoms with Crippen molar-refractivity contribution in [2.75, 3.05) is 26.7 Å². The van der Waals surface area contributed by atoms with Crippen LogP contribution < -0.4 is 0 Å². The maximum Gasteiger partial charge on any atom is 0.0486 e. The van der Waals surface area contributed by atoms with E-state index in [0.717, 1.165) is 32.0 Å². The number of hydrogen-bond acceptors (Lipinski definition) is 3. The van der Waals surface area contributed by atoms with Crippen molar-refractivity contribution in [2.24, 2.45) is 0 Å². The van der Waals surface area contributed by atoms with Crippen molar-refractivity contribution in [3.63, 3.8) is 0 Å². The number of nitrogens with zero attached hydrogens (tertiary/aromatic N) is 4. The van der Waals surface area contributed by atoms with Gasteiger partial charge in [-0.3, -0.25) is 9.88 Å². The molecule has 3 aromatic rings. The van der Waals surface area contributed by atoms with Gasteiger partial charge in [0.1, 0.15) is 0 Å². The van der Waals surface area contributed by atoms with E-state index in [1.807, 2.05) is 12.3 Å². The summed E-state index contributed by atoms with van der Waals surface area (Å²) in [6, 6.07) is 14.0. The fraction of sp³-hybridized carbons (Fsp3) is 0.480. The average Bonchev–Trinajstić information content (AvgIpc) is 3.06. The fourth-order valence-corrected chi connectivity index (χ4v) is 5.28. The topological polar surface area (TPSA) is 24.3 Å². The van der Waals surface area contributed by atoms with Gasteiger partial charge in [-0.25, -0.2) is 0 Å². The maximum absolute atomic E-state index is 4.54. The number of likely N-dealkylation sites (tertiary alicyclic amines) is 1. The van der Waals surface area contributed by atoms with Gasteiger partial charge in [-0.2, -0.15) is 0 Å². The van der Waals surface area contributed by atoms with E-state index in [-0.39, 0.29) is 0 Å². The molecule has 4 heterocycles. The summed E-state index contributed by atoms with van der Waals surface area (Å²) in [6.07, 6.45) is 6.68. The van der Waals surface area contributed by atoms with Gasteiger partial charge in [-0.15, -0.1) is 0 Å². The second-order valence-electron chi connectivity index (χ2n) is 8.92. The highest BCUT2D eigenvalue weighted by molar-refractivity contribution is 5.86. The molecule has 4 heteroatoms. The number of aromatic nitrogens is 2. The normalized spacial score (nSPS) is 19.0. The number of benzene rings is 1. The number of aryl methyl sites for hydroxylation is 3. The van der Waals surface area contributed by atoms with E-state index in [2.05, 4.69) is 63.7 Å². The lowest BCUT2D eigenvalue weighted by atomic mass is 9.97. The lowest BCUT2D eigenvalue weighted by Gasteiger charge is -2.39. The highest BCUT2D eigenvalue weighted by Crippen LogP contribution is 2.33. The average molecular weight is 389 g/mol. The Morgan fingerprint density at radius 3 is 2.72 bits per heavy atom. The summed E-state index contributed by atoms with van der Waals surface area (Å²) in [5.41, 5.74) is 7.08. The summed E-state index contributed by atoms with van der Waals surface area (Å²) in [6.45, 7) is 8.01. The first-order valence-corrected chi connectivity index (χ1v) is 11.1. The summed E-state index contributed by atoms with van der Waals surface area (Å²) in [5, 5.41) is 1.47. The van der Waals surface area contributed by atoms with Gasteiger partial charge >= 0.3 is 0 Å². The zero-order valence-electron chi connectivity index (χ0n) is 17.8. The van der Waals surface area contributed by atoms with E-state index in [0.29, 0.717) is 0 Å². The van der Waals surface area contributed by atoms with E-state index in [4.69, 9.17) is 0 Å². The lowest BCUT2D eigenvalue weighted by Crippen LogP contribution is -2.45. The molecule has 0 unspecified atom stereocenters. The quantitative estimate of drug-likeness (QED) is 0.674. The molecule has 2 aliphatic heterocycles. The summed E-state index contributed by atoms with van der Waals surface area (Å²) < 4.78 is 2.59. The predicted molar refractivity (Wildman–Crippen MR) is 119 cm³/mol. The van der Waals surface area contributed by atoms with Crippen LogP contribution in [0.3, 0.4) is 0 Å². The third-order valence-corrected chi connectivity index (χ3v) is 6.96. The Balaban J connectivity index is 1.45. The van der Waals surface area contributed by atoms with Crippen LogP contribution >= 0.6 is 0 Å². The molecule has 1 fully saturated rings. The minimum absolute atomic E-state index is 0.746. The molecule has 29 heavy (non-hydrogen) atoms. The van der Waals surface area contributed by atoms with Gasteiger partial charge in [0.15, 0.2) is 0 Å². The van der Waals surface area contributed by atoms with Gasteiger partial charge in [0.05, 0.1) is 0 Å². The van der Waals surface area contributed by atoms with Gasteiger partial charge < -0.3 is 9.47 Å². The van der Waals surface area contributed by atoms with Crippen LogP contribution in [-0.4, -0.2) is 52.1 Å². The minimum atomic E-state index is 0.746. The second kappa shape index (κ2) is 7.92. The molecule has 152 valence electrons. The Morgan fingerprint density at radius 1 is 1.07 bits per heavy atom. The molecule has 1 saturated heterocycles. The highest BCUT2D eigenvalue weighted by atomic mass is 15.2. The largest absolute Gasteiger partial charge is 0.344 e. The molecular weight excluding hydrogens is 356 g/mol. The molecule has 0 saturated carbocycles. The van der Waals surface area contributed by atoms with Crippen LogP contribution in [0.2, 0.25) is 0 Å². The first-order chi connectivity index (χ1) is 14.2. The Morgan fingerprint density at radius 2 is 1.93 bits per heavy atom. The first-order valence-electron chi connectivity index (χ1n) is 11.1. The summed E-state index contributed by atoms with van der Waals surface area (Å²) in [5.74, 6) is 0. The molecule has 0 spiro atoms. The molecule has 2 aromatic heterocycles. The molecule has 0 amide bonds. The highest BCUT2D eigenvalue weighted by Gasteiger charge is 2.29. The van der Waals surface area contributed by atoms with Crippen molar-refractivity contribution in [3.05, 3.63) is 65.1 Å². The Hall–Kier alpha value is -2.17. The van der Waals surface area contributed by atoms with Crippen LogP contribution in [0.1, 0.15) is 35.4 Å². The number of fused-ring (bicyclic) bond motifs is 3. The number of rotatable bonds is 4. The molecular formula is C25H32N4. The third kappa shape index (κ3) is 3.72. The molecule has 0 N–H and O–H groups in total. The fourth-order valence-electron chi connectivity index (χ4n) is 5.28. The maximum atomic E-state index is 4.54. The summed E-state index contributed by atoms with van der Waals surface area (Å²) in [4.78, 5) is 9.77. The second-order valence-corrected chi connectivity index (χ2v) is 8.92. The molecule has 1 aromatic carbocycles. The number of pyridine rings is 1. The van der Waals surface area contributed by atoms with Crippen LogP contribution in [0.4, 0.5) is 0 Å². The standard InChI is InChI=1S/C25H32N4/c1-19-6-7-24-22(17-19)23-18-28(21-9-13-27(2)14-10-21)15-11-25(23)29(24)16-8-20-5-3-4-12-26-20/h3-7,12,17,21H,8-11,13-16,18H2,1-2H3. The van der Waals surface area contributed by atoms with Crippen molar-refractivity contribution in [2.45, 2.75) is 51.7 Å². The SMILES string of the molecule is Cc1ccc2c(c1)c1c(n2CCc2ccccn2)CCN(C2CCN(C)CC2)C1. The molecule has 0 atom stereocenters. The third-order valence-electron chi connectivity index (χ3n) is 6.96. The molecule has 4 nitrogen and oxygen atoms in total. The minimum Gasteiger partial charge on any atom is -0.344 e. The van der Waals surface area contributed by atoms with E-state index >= 15 is 0 Å². The van der Waals surface area contributed by atoms with Crippen molar-refractivity contribution in [1.82, 2.24) is 19.4 Å². The molecule has 2 aliphatic rings. The summed E-state index contributed by atoms with van der Waals surface area (Å²) >= 11 is 0. The van der Waals surface area contributed by atoms with Gasteiger partial charge in [0.2, 0.25) is 0 Å². The van der Waals surface area contributed by atoms with Gasteiger partial charge in [-0.1, -0.05) is 17.7 Å². The predicted octanol–water partition coefficient (Wildman–Crippen LogP) is 4.04. The van der Waals surface area contributed by atoms with Crippen molar-refractivity contribution in [3.8, 4) is 0 Å². The first kappa shape index (κ1) is 18.8. The van der Waals surface area contributed by atoms with Crippen LogP contribution in [-0.2, 0) is 25.9 Å². The molecule has 0 radical (unpaired) electrons. The number of hydrogen-bond donors (Lipinski definition) is 0. The van der Waals surface area contributed by atoms with Crippen molar-refractivity contribution >= 4 is 10.9 Å². The van der Waals surface area contributed by atoms with Gasteiger partial charge in [0, 0.05) is 67.0 Å². The zero-order valence-corrected chi connectivity index (χ0v) is 17.8. The van der Waals surface area contributed by atoms with Gasteiger partial charge in [0.25, 0.3) is 0 Å². The van der Waals surface area contributed by atoms with Crippen LogP contribution in [0.5, 0.6) is 0 Å².